The summed E-state index contributed by atoms with van der Waals surface area (Å²) in [7, 11) is -6.37. The number of hydrogen-bond acceptors (Lipinski definition) is 6. The van der Waals surface area contributed by atoms with Gasteiger partial charge >= 0.3 is 13.6 Å². The van der Waals surface area contributed by atoms with Crippen molar-refractivity contribution < 1.29 is 27.0 Å². The zero-order chi connectivity index (χ0) is 26.2. The molecule has 0 fully saturated rings. The van der Waals surface area contributed by atoms with Gasteiger partial charge in [-0.3, -0.25) is 9.52 Å². The lowest BCUT2D eigenvalue weighted by atomic mass is 10.2. The van der Waals surface area contributed by atoms with E-state index in [1.807, 2.05) is 37.3 Å². The minimum absolute atomic E-state index is 0.0350. The lowest BCUT2D eigenvalue weighted by Gasteiger charge is -2.28. The van der Waals surface area contributed by atoms with Crippen LogP contribution in [0.2, 0.25) is 0 Å². The Morgan fingerprint density at radius 3 is 2.28 bits per heavy atom. The molecule has 11 heteroatoms. The van der Waals surface area contributed by atoms with E-state index in [9.17, 15) is 17.8 Å². The topological polar surface area (TPSA) is 114 Å². The SMILES string of the molecule is CCOC(=O)CN(C)P(=O)(NCc1ccccc1)Oc1ccccc1NS(=O)(=O)c1ccc(C)cc1. The minimum atomic E-state index is -3.94. The number of aryl methyl sites for hydroxylation is 1. The van der Waals surface area contributed by atoms with Gasteiger partial charge in [-0.25, -0.2) is 22.7 Å². The predicted octanol–water partition coefficient (Wildman–Crippen LogP) is 4.57. The highest BCUT2D eigenvalue weighted by molar-refractivity contribution is 7.92. The normalized spacial score (nSPS) is 13.1. The summed E-state index contributed by atoms with van der Waals surface area (Å²) in [5, 5.41) is 2.91. The van der Waals surface area contributed by atoms with Crippen molar-refractivity contribution in [2.75, 3.05) is 24.9 Å². The molecule has 0 aliphatic carbocycles. The molecule has 3 rings (SSSR count). The summed E-state index contributed by atoms with van der Waals surface area (Å²) in [4.78, 5) is 12.2. The van der Waals surface area contributed by atoms with Crippen molar-refractivity contribution in [1.82, 2.24) is 9.76 Å². The quantitative estimate of drug-likeness (QED) is 0.258. The summed E-state index contributed by atoms with van der Waals surface area (Å²) in [6, 6.07) is 21.9. The molecule has 0 bridgehead atoms. The Hall–Kier alpha value is -3.17. The molecule has 3 aromatic carbocycles. The van der Waals surface area contributed by atoms with Gasteiger partial charge < -0.3 is 9.26 Å². The highest BCUT2D eigenvalue weighted by Crippen LogP contribution is 2.48. The van der Waals surface area contributed by atoms with Crippen LogP contribution in [0.25, 0.3) is 0 Å². The van der Waals surface area contributed by atoms with Crippen molar-refractivity contribution >= 4 is 29.4 Å². The fourth-order valence-corrected chi connectivity index (χ4v) is 5.81. The molecule has 9 nitrogen and oxygen atoms in total. The molecule has 0 heterocycles. The zero-order valence-electron chi connectivity index (χ0n) is 20.4. The average molecular weight is 532 g/mol. The molecule has 0 aliphatic rings. The van der Waals surface area contributed by atoms with E-state index in [2.05, 4.69) is 9.81 Å². The Morgan fingerprint density at radius 2 is 1.61 bits per heavy atom. The van der Waals surface area contributed by atoms with Crippen LogP contribution in [0, 0.1) is 6.92 Å². The second-order valence-electron chi connectivity index (χ2n) is 7.97. The summed E-state index contributed by atoms with van der Waals surface area (Å²) in [6.07, 6.45) is 0. The molecule has 0 radical (unpaired) electrons. The van der Waals surface area contributed by atoms with Gasteiger partial charge in [0, 0.05) is 6.54 Å². The highest BCUT2D eigenvalue weighted by Gasteiger charge is 2.33. The summed E-state index contributed by atoms with van der Waals surface area (Å²) >= 11 is 0. The van der Waals surface area contributed by atoms with Crippen LogP contribution in [-0.4, -0.2) is 39.3 Å². The molecule has 1 atom stereocenters. The van der Waals surface area contributed by atoms with E-state index in [4.69, 9.17) is 9.26 Å². The molecule has 1 unspecified atom stereocenters. The first-order valence-corrected chi connectivity index (χ1v) is 14.3. The van der Waals surface area contributed by atoms with Gasteiger partial charge in [0.15, 0.2) is 5.75 Å². The number of carbonyl (C=O) groups excluding carboxylic acids is 1. The number of anilines is 1. The first-order chi connectivity index (χ1) is 17.1. The van der Waals surface area contributed by atoms with Crippen molar-refractivity contribution in [2.24, 2.45) is 0 Å². The van der Waals surface area contributed by atoms with E-state index < -0.39 is 23.7 Å². The molecule has 0 saturated heterocycles. The van der Waals surface area contributed by atoms with E-state index in [1.165, 1.54) is 36.0 Å². The van der Waals surface area contributed by atoms with Crippen LogP contribution >= 0.6 is 7.67 Å². The van der Waals surface area contributed by atoms with Crippen molar-refractivity contribution in [2.45, 2.75) is 25.3 Å². The number of rotatable bonds is 12. The van der Waals surface area contributed by atoms with Gasteiger partial charge in [-0.2, -0.15) is 0 Å². The number of sulfonamides is 1. The number of esters is 1. The van der Waals surface area contributed by atoms with E-state index in [-0.39, 0.29) is 36.0 Å². The van der Waals surface area contributed by atoms with Crippen molar-refractivity contribution in [3.8, 4) is 5.75 Å². The molecular formula is C25H30N3O6PS. The highest BCUT2D eigenvalue weighted by atomic mass is 32.2. The van der Waals surface area contributed by atoms with Gasteiger partial charge in [-0.05, 0) is 50.7 Å². The van der Waals surface area contributed by atoms with Crippen molar-refractivity contribution in [1.29, 1.82) is 0 Å². The fraction of sp³-hybridized carbons (Fsp3) is 0.240. The van der Waals surface area contributed by atoms with Gasteiger partial charge in [-0.1, -0.05) is 60.2 Å². The van der Waals surface area contributed by atoms with E-state index in [0.29, 0.717) is 0 Å². The zero-order valence-corrected chi connectivity index (χ0v) is 22.1. The Labute approximate surface area is 212 Å². The Balaban J connectivity index is 1.89. The minimum Gasteiger partial charge on any atom is -0.465 e. The third kappa shape index (κ3) is 7.41. The molecule has 0 spiro atoms. The summed E-state index contributed by atoms with van der Waals surface area (Å²) in [6.45, 7) is 3.60. The largest absolute Gasteiger partial charge is 0.465 e. The second-order valence-corrected chi connectivity index (χ2v) is 11.9. The molecule has 36 heavy (non-hydrogen) atoms. The smallest absolute Gasteiger partial charge is 0.393 e. The maximum Gasteiger partial charge on any atom is 0.393 e. The molecule has 192 valence electrons. The second kappa shape index (κ2) is 12.2. The molecule has 0 aromatic heterocycles. The Kier molecular flexibility index (Phi) is 9.28. The maximum atomic E-state index is 14.0. The maximum absolute atomic E-state index is 14.0. The van der Waals surface area contributed by atoms with Crippen LogP contribution in [0.15, 0.2) is 83.8 Å². The van der Waals surface area contributed by atoms with Gasteiger partial charge in [0.25, 0.3) is 10.0 Å². The number of nitrogens with one attached hydrogen (secondary N) is 2. The van der Waals surface area contributed by atoms with E-state index in [0.717, 1.165) is 11.1 Å². The van der Waals surface area contributed by atoms with Crippen LogP contribution in [0.3, 0.4) is 0 Å². The number of carbonyl (C=O) groups is 1. The van der Waals surface area contributed by atoms with Crippen LogP contribution in [0.1, 0.15) is 18.1 Å². The van der Waals surface area contributed by atoms with Gasteiger partial charge in [0.05, 0.1) is 17.2 Å². The van der Waals surface area contributed by atoms with Crippen LogP contribution < -0.4 is 14.3 Å². The summed E-state index contributed by atoms with van der Waals surface area (Å²) < 4.78 is 54.6. The number of para-hydroxylation sites is 2. The first-order valence-electron chi connectivity index (χ1n) is 11.3. The standard InChI is InChI=1S/C25H30N3O6PS/c1-4-33-25(29)19-28(3)35(30,26-18-21-10-6-5-7-11-21)34-24-13-9-8-12-23(24)27-36(31,32)22-16-14-20(2)15-17-22/h5-17,27H,4,18-19H2,1-3H3,(H,26,30). The van der Waals surface area contributed by atoms with Crippen LogP contribution in [0.5, 0.6) is 5.75 Å². The van der Waals surface area contributed by atoms with Crippen LogP contribution in [0.4, 0.5) is 5.69 Å². The molecule has 0 saturated carbocycles. The van der Waals surface area contributed by atoms with Gasteiger partial charge in [0.1, 0.15) is 6.54 Å². The van der Waals surface area contributed by atoms with Crippen molar-refractivity contribution in [3.63, 3.8) is 0 Å². The van der Waals surface area contributed by atoms with Crippen molar-refractivity contribution in [3.05, 3.63) is 90.0 Å². The third-order valence-electron chi connectivity index (χ3n) is 5.12. The lowest BCUT2D eigenvalue weighted by molar-refractivity contribution is -0.143. The Morgan fingerprint density at radius 1 is 0.972 bits per heavy atom. The van der Waals surface area contributed by atoms with Gasteiger partial charge in [-0.15, -0.1) is 0 Å². The number of likely N-dealkylation sites (N-methyl/N-ethyl adjacent to an activating group) is 1. The van der Waals surface area contributed by atoms with E-state index in [1.54, 1.807) is 31.2 Å². The lowest BCUT2D eigenvalue weighted by Crippen LogP contribution is -2.32. The Bertz CT molecular complexity index is 1320. The number of ether oxygens (including phenoxy) is 1. The van der Waals surface area contributed by atoms with Crippen LogP contribution in [-0.2, 0) is 30.7 Å². The molecular weight excluding hydrogens is 501 g/mol. The number of benzene rings is 3. The molecule has 0 amide bonds. The fourth-order valence-electron chi connectivity index (χ4n) is 3.18. The van der Waals surface area contributed by atoms with E-state index >= 15 is 0 Å². The third-order valence-corrected chi connectivity index (χ3v) is 8.55. The monoisotopic (exact) mass is 531 g/mol. The first kappa shape index (κ1) is 27.4. The average Bonchev–Trinajstić information content (AvgIpc) is 2.85. The summed E-state index contributed by atoms with van der Waals surface area (Å²) in [5.41, 5.74) is 1.87. The summed E-state index contributed by atoms with van der Waals surface area (Å²) in [5.74, 6) is -0.536. The molecule has 0 aliphatic heterocycles. The number of nitrogens with zero attached hydrogens (tertiary/aromatic N) is 1. The number of hydrogen-bond donors (Lipinski definition) is 2. The molecule has 2 N–H and O–H groups in total. The predicted molar refractivity (Wildman–Crippen MR) is 139 cm³/mol. The van der Waals surface area contributed by atoms with Gasteiger partial charge in [0.2, 0.25) is 0 Å². The molecule has 3 aromatic rings.